The van der Waals surface area contributed by atoms with E-state index in [1.54, 1.807) is 31.2 Å². The van der Waals surface area contributed by atoms with E-state index >= 15 is 0 Å². The van der Waals surface area contributed by atoms with Gasteiger partial charge in [0.05, 0.1) is 11.5 Å². The molecule has 1 aromatic heterocycles. The summed E-state index contributed by atoms with van der Waals surface area (Å²) in [4.78, 5) is 12.5. The largest absolute Gasteiger partial charge is 0.494 e. The van der Waals surface area contributed by atoms with Crippen LogP contribution in [0.5, 0.6) is 5.75 Å². The molecule has 0 atom stereocenters. The van der Waals surface area contributed by atoms with Gasteiger partial charge in [-0.05, 0) is 49.7 Å². The second-order valence-electron chi connectivity index (χ2n) is 4.53. The van der Waals surface area contributed by atoms with E-state index in [0.29, 0.717) is 28.5 Å². The lowest BCUT2D eigenvalue weighted by Gasteiger charge is -2.06. The van der Waals surface area contributed by atoms with Crippen molar-refractivity contribution >= 4 is 33.0 Å². The molecule has 0 saturated carbocycles. The highest BCUT2D eigenvalue weighted by atomic mass is 32.2. The van der Waals surface area contributed by atoms with Gasteiger partial charge in [0.15, 0.2) is 0 Å². The molecule has 0 aliphatic carbocycles. The number of anilines is 1. The first-order valence-electron chi connectivity index (χ1n) is 6.48. The molecule has 22 heavy (non-hydrogen) atoms. The van der Waals surface area contributed by atoms with E-state index in [4.69, 9.17) is 9.88 Å². The normalized spacial score (nSPS) is 11.2. The number of thiophene rings is 1. The second-order valence-corrected chi connectivity index (χ2v) is 7.37. The molecule has 0 aliphatic rings. The predicted molar refractivity (Wildman–Crippen MR) is 86.0 cm³/mol. The number of benzene rings is 1. The third-order valence-corrected chi connectivity index (χ3v) is 5.46. The van der Waals surface area contributed by atoms with E-state index in [1.807, 2.05) is 6.92 Å². The fraction of sp³-hybridized carbons (Fsp3) is 0.214. The molecule has 6 nitrogen and oxygen atoms in total. The average molecular weight is 340 g/mol. The number of rotatable bonds is 5. The van der Waals surface area contributed by atoms with Crippen LogP contribution in [0.3, 0.4) is 0 Å². The maximum absolute atomic E-state index is 12.2. The number of ether oxygens (including phenoxy) is 1. The first kappa shape index (κ1) is 16.5. The molecule has 3 N–H and O–H groups in total. The smallest absolute Gasteiger partial charge is 0.266 e. The van der Waals surface area contributed by atoms with E-state index in [9.17, 15) is 13.2 Å². The first-order valence-corrected chi connectivity index (χ1v) is 8.85. The number of amides is 1. The van der Waals surface area contributed by atoms with Gasteiger partial charge in [0, 0.05) is 5.69 Å². The van der Waals surface area contributed by atoms with Crippen LogP contribution in [0.15, 0.2) is 34.5 Å². The van der Waals surface area contributed by atoms with Crippen LogP contribution in [0.1, 0.15) is 22.2 Å². The van der Waals surface area contributed by atoms with Gasteiger partial charge >= 0.3 is 0 Å². The van der Waals surface area contributed by atoms with E-state index in [1.165, 1.54) is 6.07 Å². The van der Waals surface area contributed by atoms with E-state index in [2.05, 4.69) is 5.32 Å². The van der Waals surface area contributed by atoms with Gasteiger partial charge in [-0.1, -0.05) is 0 Å². The third-order valence-electron chi connectivity index (χ3n) is 2.81. The van der Waals surface area contributed by atoms with Crippen molar-refractivity contribution in [3.63, 3.8) is 0 Å². The summed E-state index contributed by atoms with van der Waals surface area (Å²) in [5, 5.41) is 7.79. The molecule has 2 rings (SSSR count). The molecular formula is C14H16N2O4S2. The Hall–Kier alpha value is -1.90. The van der Waals surface area contributed by atoms with Gasteiger partial charge in [0.2, 0.25) is 10.0 Å². The molecule has 0 fully saturated rings. The van der Waals surface area contributed by atoms with Crippen LogP contribution >= 0.6 is 11.3 Å². The maximum Gasteiger partial charge on any atom is 0.266 e. The summed E-state index contributed by atoms with van der Waals surface area (Å²) >= 11 is 0.855. The number of hydrogen-bond donors (Lipinski definition) is 2. The molecule has 2 aromatic rings. The van der Waals surface area contributed by atoms with E-state index in [-0.39, 0.29) is 10.1 Å². The zero-order chi connectivity index (χ0) is 16.3. The van der Waals surface area contributed by atoms with Crippen LogP contribution in [-0.4, -0.2) is 20.9 Å². The molecule has 1 amide bonds. The molecule has 118 valence electrons. The Morgan fingerprint density at radius 2 is 1.95 bits per heavy atom. The summed E-state index contributed by atoms with van der Waals surface area (Å²) in [5.74, 6) is 0.339. The van der Waals surface area contributed by atoms with Crippen LogP contribution in [-0.2, 0) is 10.0 Å². The van der Waals surface area contributed by atoms with Gasteiger partial charge in [-0.25, -0.2) is 13.6 Å². The topological polar surface area (TPSA) is 98.5 Å². The highest BCUT2D eigenvalue weighted by molar-refractivity contribution is 7.91. The highest BCUT2D eigenvalue weighted by Gasteiger charge is 2.19. The SMILES string of the molecule is CCOc1ccc(NC(=O)c2sc(S(N)(=O)=O)cc2C)cc1. The molecule has 0 bridgehead atoms. The van der Waals surface area contributed by atoms with Crippen molar-refractivity contribution in [1.82, 2.24) is 0 Å². The van der Waals surface area contributed by atoms with Crippen molar-refractivity contribution in [2.75, 3.05) is 11.9 Å². The van der Waals surface area contributed by atoms with Crippen LogP contribution in [0.25, 0.3) is 0 Å². The summed E-state index contributed by atoms with van der Waals surface area (Å²) in [6, 6.07) is 8.32. The number of nitrogens with two attached hydrogens (primary N) is 1. The lowest BCUT2D eigenvalue weighted by atomic mass is 10.2. The fourth-order valence-electron chi connectivity index (χ4n) is 1.81. The summed E-state index contributed by atoms with van der Waals surface area (Å²) in [6.07, 6.45) is 0. The third kappa shape index (κ3) is 3.85. The van der Waals surface area contributed by atoms with Crippen molar-refractivity contribution < 1.29 is 17.9 Å². The Morgan fingerprint density at radius 1 is 1.32 bits per heavy atom. The van der Waals surface area contributed by atoms with Gasteiger partial charge in [-0.2, -0.15) is 0 Å². The van der Waals surface area contributed by atoms with Gasteiger partial charge < -0.3 is 10.1 Å². The Kier molecular flexibility index (Phi) is 4.84. The Labute approximate surface area is 133 Å². The quantitative estimate of drug-likeness (QED) is 0.873. The van der Waals surface area contributed by atoms with Gasteiger partial charge in [-0.3, -0.25) is 4.79 Å². The summed E-state index contributed by atoms with van der Waals surface area (Å²) in [6.45, 7) is 4.12. The van der Waals surface area contributed by atoms with E-state index in [0.717, 1.165) is 11.3 Å². The Balaban J connectivity index is 2.17. The number of primary sulfonamides is 1. The minimum Gasteiger partial charge on any atom is -0.494 e. The van der Waals surface area contributed by atoms with Crippen molar-refractivity contribution in [2.45, 2.75) is 18.1 Å². The summed E-state index contributed by atoms with van der Waals surface area (Å²) in [7, 11) is -3.80. The molecule has 0 spiro atoms. The minimum absolute atomic E-state index is 0.0261. The monoisotopic (exact) mass is 340 g/mol. The maximum atomic E-state index is 12.2. The Bertz CT molecular complexity index is 780. The van der Waals surface area contributed by atoms with Crippen LogP contribution in [0.2, 0.25) is 0 Å². The second kappa shape index (κ2) is 6.47. The van der Waals surface area contributed by atoms with Crippen LogP contribution < -0.4 is 15.2 Å². The minimum atomic E-state index is -3.80. The molecule has 0 radical (unpaired) electrons. The molecule has 1 aromatic carbocycles. The number of carbonyl (C=O) groups is 1. The highest BCUT2D eigenvalue weighted by Crippen LogP contribution is 2.26. The molecule has 0 aliphatic heterocycles. The van der Waals surface area contributed by atoms with Crippen molar-refractivity contribution in [3.05, 3.63) is 40.8 Å². The standard InChI is InChI=1S/C14H16N2O4S2/c1-3-20-11-6-4-10(5-7-11)16-14(17)13-9(2)8-12(21-13)22(15,18)19/h4-8H,3H2,1-2H3,(H,16,17)(H2,15,18,19). The van der Waals surface area contributed by atoms with Crippen LogP contribution in [0, 0.1) is 6.92 Å². The number of hydrogen-bond acceptors (Lipinski definition) is 5. The number of nitrogens with one attached hydrogen (secondary N) is 1. The number of aryl methyl sites for hydroxylation is 1. The molecule has 0 saturated heterocycles. The van der Waals surface area contributed by atoms with Gasteiger partial charge in [0.25, 0.3) is 5.91 Å². The summed E-state index contributed by atoms with van der Waals surface area (Å²) < 4.78 is 27.9. The predicted octanol–water partition coefficient (Wildman–Crippen LogP) is 2.35. The van der Waals surface area contributed by atoms with Gasteiger partial charge in [0.1, 0.15) is 9.96 Å². The summed E-state index contributed by atoms with van der Waals surface area (Å²) in [5.41, 5.74) is 1.16. The van der Waals surface area contributed by atoms with Crippen molar-refractivity contribution in [1.29, 1.82) is 0 Å². The van der Waals surface area contributed by atoms with Gasteiger partial charge in [-0.15, -0.1) is 11.3 Å². The fourth-order valence-corrected chi connectivity index (χ4v) is 3.66. The molecule has 0 unspecified atom stereocenters. The lowest BCUT2D eigenvalue weighted by Crippen LogP contribution is -2.11. The Morgan fingerprint density at radius 3 is 2.45 bits per heavy atom. The zero-order valence-electron chi connectivity index (χ0n) is 12.1. The molecular weight excluding hydrogens is 324 g/mol. The van der Waals surface area contributed by atoms with E-state index < -0.39 is 10.0 Å². The number of carbonyl (C=O) groups excluding carboxylic acids is 1. The zero-order valence-corrected chi connectivity index (χ0v) is 13.8. The van der Waals surface area contributed by atoms with Crippen molar-refractivity contribution in [2.24, 2.45) is 5.14 Å². The average Bonchev–Trinajstić information content (AvgIpc) is 2.83. The lowest BCUT2D eigenvalue weighted by molar-refractivity contribution is 0.103. The van der Waals surface area contributed by atoms with Crippen LogP contribution in [0.4, 0.5) is 5.69 Å². The first-order chi connectivity index (χ1) is 10.3. The molecule has 1 heterocycles. The van der Waals surface area contributed by atoms with Crippen molar-refractivity contribution in [3.8, 4) is 5.75 Å². The number of sulfonamides is 1. The molecule has 8 heteroatoms.